The number of hydrogen-bond acceptors (Lipinski definition) is 2. The summed E-state index contributed by atoms with van der Waals surface area (Å²) in [4.78, 5) is 9.69. The zero-order valence-corrected chi connectivity index (χ0v) is 7.77. The molecule has 0 amide bonds. The van der Waals surface area contributed by atoms with Crippen molar-refractivity contribution in [2.24, 2.45) is 0 Å². The lowest BCUT2D eigenvalue weighted by Crippen LogP contribution is -1.94. The van der Waals surface area contributed by atoms with Crippen molar-refractivity contribution in [1.82, 2.24) is 0 Å². The van der Waals surface area contributed by atoms with Crippen LogP contribution in [0.15, 0.2) is 12.1 Å². The van der Waals surface area contributed by atoms with Gasteiger partial charge in [0.05, 0.1) is 15.5 Å². The molecular weight excluding hydrogens is 220 g/mol. The van der Waals surface area contributed by atoms with Crippen molar-refractivity contribution >= 4 is 28.9 Å². The average molecular weight is 224 g/mol. The summed E-state index contributed by atoms with van der Waals surface area (Å²) in [6, 6.07) is 2.34. The Morgan fingerprint density at radius 2 is 2.08 bits per heavy atom. The summed E-state index contributed by atoms with van der Waals surface area (Å²) in [5, 5.41) is 10.5. The van der Waals surface area contributed by atoms with E-state index in [1.54, 1.807) is 0 Å². The third-order valence-corrected chi connectivity index (χ3v) is 2.02. The number of halogens is 3. The summed E-state index contributed by atoms with van der Waals surface area (Å²) in [6.07, 6.45) is 0. The van der Waals surface area contributed by atoms with Crippen molar-refractivity contribution in [3.63, 3.8) is 0 Å². The molecule has 0 atom stereocenters. The smallest absolute Gasteiger partial charge is 0.258 e. The highest BCUT2D eigenvalue weighted by Crippen LogP contribution is 2.31. The normalized spacial score (nSPS) is 10.1. The van der Waals surface area contributed by atoms with E-state index in [-0.39, 0.29) is 21.3 Å². The van der Waals surface area contributed by atoms with Gasteiger partial charge in [-0.25, -0.2) is 4.39 Å². The van der Waals surface area contributed by atoms with E-state index in [2.05, 4.69) is 0 Å². The Bertz CT molecular complexity index is 357. The highest BCUT2D eigenvalue weighted by Gasteiger charge is 2.17. The molecule has 0 aliphatic carbocycles. The van der Waals surface area contributed by atoms with Crippen molar-refractivity contribution < 1.29 is 9.31 Å². The SMILES string of the molecule is O=[N+]([O-])c1cc(Cl)cc(Cl)c1CF. The molecule has 0 aromatic heterocycles. The quantitative estimate of drug-likeness (QED) is 0.570. The number of benzene rings is 1. The van der Waals surface area contributed by atoms with Gasteiger partial charge in [0.25, 0.3) is 5.69 Å². The molecule has 0 unspecified atom stereocenters. The summed E-state index contributed by atoms with van der Waals surface area (Å²) in [6.45, 7) is -0.980. The van der Waals surface area contributed by atoms with Gasteiger partial charge in [0.15, 0.2) is 0 Å². The fraction of sp³-hybridized carbons (Fsp3) is 0.143. The lowest BCUT2D eigenvalue weighted by Gasteiger charge is -2.01. The van der Waals surface area contributed by atoms with E-state index in [1.807, 2.05) is 0 Å². The van der Waals surface area contributed by atoms with Gasteiger partial charge in [-0.15, -0.1) is 0 Å². The Kier molecular flexibility index (Phi) is 3.06. The zero-order chi connectivity index (χ0) is 10.0. The lowest BCUT2D eigenvalue weighted by molar-refractivity contribution is -0.385. The molecule has 0 bridgehead atoms. The Morgan fingerprint density at radius 3 is 2.54 bits per heavy atom. The van der Waals surface area contributed by atoms with E-state index < -0.39 is 11.6 Å². The summed E-state index contributed by atoms with van der Waals surface area (Å²) in [5.74, 6) is 0. The van der Waals surface area contributed by atoms with Gasteiger partial charge in [-0.2, -0.15) is 0 Å². The predicted molar refractivity (Wildman–Crippen MR) is 47.9 cm³/mol. The maximum Gasteiger partial charge on any atom is 0.278 e. The number of hydrogen-bond donors (Lipinski definition) is 0. The molecule has 1 rings (SSSR count). The molecule has 0 radical (unpaired) electrons. The molecule has 1 aromatic carbocycles. The van der Waals surface area contributed by atoms with Crippen LogP contribution in [-0.2, 0) is 6.67 Å². The van der Waals surface area contributed by atoms with Crippen LogP contribution in [0.4, 0.5) is 10.1 Å². The van der Waals surface area contributed by atoms with Crippen molar-refractivity contribution in [2.45, 2.75) is 6.67 Å². The fourth-order valence-electron chi connectivity index (χ4n) is 0.885. The molecule has 0 aliphatic heterocycles. The zero-order valence-electron chi connectivity index (χ0n) is 6.26. The Morgan fingerprint density at radius 1 is 1.46 bits per heavy atom. The average Bonchev–Trinajstić information content (AvgIpc) is 2.02. The minimum Gasteiger partial charge on any atom is -0.258 e. The third kappa shape index (κ3) is 2.08. The van der Waals surface area contributed by atoms with Crippen molar-refractivity contribution in [1.29, 1.82) is 0 Å². The second-order valence-corrected chi connectivity index (χ2v) is 3.12. The summed E-state index contributed by atoms with van der Waals surface area (Å²) in [5.41, 5.74) is -0.531. The molecule has 6 heteroatoms. The second kappa shape index (κ2) is 3.89. The van der Waals surface area contributed by atoms with E-state index in [4.69, 9.17) is 23.2 Å². The minimum absolute atomic E-state index is 0.0262. The second-order valence-electron chi connectivity index (χ2n) is 2.28. The van der Waals surface area contributed by atoms with Crippen LogP contribution in [0.25, 0.3) is 0 Å². The predicted octanol–water partition coefficient (Wildman–Crippen LogP) is 3.37. The first-order chi connectivity index (χ1) is 6.06. The Labute approximate surface area is 83.2 Å². The van der Waals surface area contributed by atoms with Crippen molar-refractivity contribution in [2.75, 3.05) is 0 Å². The molecule has 0 aliphatic rings. The van der Waals surface area contributed by atoms with E-state index in [9.17, 15) is 14.5 Å². The van der Waals surface area contributed by atoms with Crippen LogP contribution in [-0.4, -0.2) is 4.92 Å². The van der Waals surface area contributed by atoms with Gasteiger partial charge >= 0.3 is 0 Å². The standard InChI is InChI=1S/C7H4Cl2FNO2/c8-4-1-6(9)5(3-10)7(2-4)11(12)13/h1-2H,3H2. The lowest BCUT2D eigenvalue weighted by atomic mass is 10.2. The van der Waals surface area contributed by atoms with Gasteiger partial charge in [-0.05, 0) is 6.07 Å². The van der Waals surface area contributed by atoms with Crippen molar-refractivity contribution in [3.8, 4) is 0 Å². The van der Waals surface area contributed by atoms with Crippen LogP contribution >= 0.6 is 23.2 Å². The van der Waals surface area contributed by atoms with Crippen LogP contribution < -0.4 is 0 Å². The highest BCUT2D eigenvalue weighted by atomic mass is 35.5. The van der Waals surface area contributed by atoms with Gasteiger partial charge in [-0.1, -0.05) is 23.2 Å². The molecule has 0 N–H and O–H groups in total. The van der Waals surface area contributed by atoms with Crippen LogP contribution in [0.2, 0.25) is 10.0 Å². The molecule has 0 fully saturated rings. The molecule has 13 heavy (non-hydrogen) atoms. The van der Waals surface area contributed by atoms with Gasteiger partial charge in [-0.3, -0.25) is 10.1 Å². The topological polar surface area (TPSA) is 43.1 Å². The van der Waals surface area contributed by atoms with Crippen LogP contribution in [0, 0.1) is 10.1 Å². The fourth-order valence-corrected chi connectivity index (χ4v) is 1.42. The first-order valence-electron chi connectivity index (χ1n) is 3.24. The minimum atomic E-state index is -0.980. The molecule has 0 saturated heterocycles. The molecule has 3 nitrogen and oxygen atoms in total. The first-order valence-corrected chi connectivity index (χ1v) is 4.00. The van der Waals surface area contributed by atoms with E-state index >= 15 is 0 Å². The van der Waals surface area contributed by atoms with Gasteiger partial charge in [0.2, 0.25) is 0 Å². The van der Waals surface area contributed by atoms with Crippen LogP contribution in [0.5, 0.6) is 0 Å². The number of nitro groups is 1. The molecule has 0 spiro atoms. The van der Waals surface area contributed by atoms with Gasteiger partial charge in [0.1, 0.15) is 6.67 Å². The molecule has 0 heterocycles. The summed E-state index contributed by atoms with van der Waals surface area (Å²) < 4.78 is 12.3. The van der Waals surface area contributed by atoms with Gasteiger partial charge in [0, 0.05) is 11.1 Å². The number of nitrogens with zero attached hydrogens (tertiary/aromatic N) is 1. The van der Waals surface area contributed by atoms with Gasteiger partial charge < -0.3 is 0 Å². The molecular formula is C7H4Cl2FNO2. The Hall–Kier alpha value is -0.870. The summed E-state index contributed by atoms with van der Waals surface area (Å²) >= 11 is 11.1. The van der Waals surface area contributed by atoms with E-state index in [0.717, 1.165) is 6.07 Å². The molecule has 0 saturated carbocycles. The van der Waals surface area contributed by atoms with Crippen LogP contribution in [0.3, 0.4) is 0 Å². The number of nitro benzene ring substituents is 1. The maximum absolute atomic E-state index is 12.3. The number of alkyl halides is 1. The maximum atomic E-state index is 12.3. The third-order valence-electron chi connectivity index (χ3n) is 1.47. The van der Waals surface area contributed by atoms with Crippen LogP contribution in [0.1, 0.15) is 5.56 Å². The monoisotopic (exact) mass is 223 g/mol. The molecule has 70 valence electrons. The highest BCUT2D eigenvalue weighted by molar-refractivity contribution is 6.35. The largest absolute Gasteiger partial charge is 0.278 e. The number of rotatable bonds is 2. The summed E-state index contributed by atoms with van der Waals surface area (Å²) in [7, 11) is 0. The first kappa shape index (κ1) is 10.2. The van der Waals surface area contributed by atoms with E-state index in [0.29, 0.717) is 0 Å². The van der Waals surface area contributed by atoms with E-state index in [1.165, 1.54) is 6.07 Å². The molecule has 1 aromatic rings. The van der Waals surface area contributed by atoms with Crippen molar-refractivity contribution in [3.05, 3.63) is 37.9 Å². The Balaban J connectivity index is 3.38.